The van der Waals surface area contributed by atoms with E-state index in [0.717, 1.165) is 17.2 Å². The number of alkyl halides is 3. The second-order valence-corrected chi connectivity index (χ2v) is 8.74. The fourth-order valence-electron chi connectivity index (χ4n) is 3.05. The number of hydrogen-bond acceptors (Lipinski definition) is 3. The molecule has 10 heteroatoms. The molecule has 1 heterocycles. The highest BCUT2D eigenvalue weighted by atomic mass is 32.2. The average molecular weight is 470 g/mol. The van der Waals surface area contributed by atoms with Crippen LogP contribution in [0.4, 0.5) is 18.9 Å². The lowest BCUT2D eigenvalue weighted by atomic mass is 10.0. The summed E-state index contributed by atoms with van der Waals surface area (Å²) >= 11 is -2.14. The van der Waals surface area contributed by atoms with Gasteiger partial charge in [0.1, 0.15) is 5.69 Å². The summed E-state index contributed by atoms with van der Waals surface area (Å²) < 4.78 is 60.5. The maximum absolute atomic E-state index is 13.0. The molecule has 0 radical (unpaired) electrons. The van der Waals surface area contributed by atoms with Gasteiger partial charge in [-0.3, -0.25) is 13.7 Å². The Kier molecular flexibility index (Phi) is 8.57. The lowest BCUT2D eigenvalue weighted by Crippen LogP contribution is -2.22. The van der Waals surface area contributed by atoms with Crippen LogP contribution in [0.15, 0.2) is 36.4 Å². The van der Waals surface area contributed by atoms with Gasteiger partial charge in [-0.15, -0.1) is 0 Å². The molecule has 0 saturated carbocycles. The number of nitrogens with zero attached hydrogens (tertiary/aromatic N) is 2. The zero-order valence-electron chi connectivity index (χ0n) is 18.2. The van der Waals surface area contributed by atoms with Gasteiger partial charge in [-0.1, -0.05) is 32.0 Å². The standard InChI is InChI=1S/C22H26F3N3O3S/c1-14(2)11-18-17(6-9-20(27-18)22(23,24)25)7-10-21(29)26-13-16-5-8-19(15(3)12-16)28(4)32(30)31/h5-10,12,14H,11,13H2,1-4H3,(H,26,29)(H,30,31). The van der Waals surface area contributed by atoms with Gasteiger partial charge in [-0.25, -0.2) is 9.19 Å². The Bertz CT molecular complexity index is 1020. The average Bonchev–Trinajstić information content (AvgIpc) is 2.69. The van der Waals surface area contributed by atoms with E-state index in [4.69, 9.17) is 0 Å². The monoisotopic (exact) mass is 469 g/mol. The number of hydrogen-bond donors (Lipinski definition) is 2. The Morgan fingerprint density at radius 3 is 2.53 bits per heavy atom. The molecular formula is C22H26F3N3O3S. The van der Waals surface area contributed by atoms with Crippen molar-refractivity contribution in [3.8, 4) is 0 Å². The van der Waals surface area contributed by atoms with E-state index >= 15 is 0 Å². The molecule has 1 aromatic heterocycles. The number of carbonyl (C=O) groups is 1. The number of halogens is 3. The fourth-order valence-corrected chi connectivity index (χ4v) is 3.42. The van der Waals surface area contributed by atoms with E-state index in [9.17, 15) is 26.7 Å². The van der Waals surface area contributed by atoms with Crippen molar-refractivity contribution >= 4 is 28.9 Å². The van der Waals surface area contributed by atoms with Gasteiger partial charge in [0, 0.05) is 25.4 Å². The molecule has 2 aromatic rings. The van der Waals surface area contributed by atoms with E-state index in [1.165, 1.54) is 29.6 Å². The summed E-state index contributed by atoms with van der Waals surface area (Å²) in [5.41, 5.74) is 1.95. The maximum atomic E-state index is 13.0. The van der Waals surface area contributed by atoms with Crippen LogP contribution in [0.5, 0.6) is 0 Å². The Morgan fingerprint density at radius 1 is 1.28 bits per heavy atom. The molecule has 6 nitrogen and oxygen atoms in total. The summed E-state index contributed by atoms with van der Waals surface area (Å²) in [7, 11) is 1.49. The number of benzene rings is 1. The van der Waals surface area contributed by atoms with Crippen molar-refractivity contribution in [1.29, 1.82) is 0 Å². The van der Waals surface area contributed by atoms with Crippen molar-refractivity contribution in [1.82, 2.24) is 10.3 Å². The minimum Gasteiger partial charge on any atom is -0.348 e. The van der Waals surface area contributed by atoms with Crippen LogP contribution in [0.25, 0.3) is 6.08 Å². The highest BCUT2D eigenvalue weighted by molar-refractivity contribution is 7.80. The predicted octanol–water partition coefficient (Wildman–Crippen LogP) is 4.51. The third-order valence-electron chi connectivity index (χ3n) is 4.62. The minimum absolute atomic E-state index is 0.0977. The smallest absolute Gasteiger partial charge is 0.348 e. The van der Waals surface area contributed by atoms with Gasteiger partial charge in [0.15, 0.2) is 0 Å². The molecule has 1 amide bonds. The van der Waals surface area contributed by atoms with Crippen LogP contribution in [-0.4, -0.2) is 26.7 Å². The zero-order chi connectivity index (χ0) is 24.1. The highest BCUT2D eigenvalue weighted by Crippen LogP contribution is 2.29. The molecule has 1 aromatic carbocycles. The first kappa shape index (κ1) is 25.5. The van der Waals surface area contributed by atoms with Gasteiger partial charge in [0.2, 0.25) is 5.91 Å². The summed E-state index contributed by atoms with van der Waals surface area (Å²) in [6.07, 6.45) is -1.46. The minimum atomic E-state index is -4.53. The fraction of sp³-hybridized carbons (Fsp3) is 0.364. The Labute approximate surface area is 188 Å². The summed E-state index contributed by atoms with van der Waals surface area (Å²) in [4.78, 5) is 16.0. The van der Waals surface area contributed by atoms with Gasteiger partial charge in [0.25, 0.3) is 11.3 Å². The number of aryl methyl sites for hydroxylation is 1. The van der Waals surface area contributed by atoms with E-state index < -0.39 is 29.0 Å². The largest absolute Gasteiger partial charge is 0.433 e. The van der Waals surface area contributed by atoms with Gasteiger partial charge in [-0.05, 0) is 54.2 Å². The van der Waals surface area contributed by atoms with Crippen LogP contribution in [0.1, 0.15) is 41.9 Å². The van der Waals surface area contributed by atoms with Gasteiger partial charge in [0.05, 0.1) is 5.69 Å². The lowest BCUT2D eigenvalue weighted by molar-refractivity contribution is -0.141. The van der Waals surface area contributed by atoms with Crippen molar-refractivity contribution in [2.45, 2.75) is 39.9 Å². The third-order valence-corrected chi connectivity index (χ3v) is 5.28. The van der Waals surface area contributed by atoms with E-state index in [1.807, 2.05) is 13.8 Å². The van der Waals surface area contributed by atoms with Gasteiger partial charge in [-0.2, -0.15) is 13.2 Å². The predicted molar refractivity (Wildman–Crippen MR) is 119 cm³/mol. The molecule has 32 heavy (non-hydrogen) atoms. The van der Waals surface area contributed by atoms with E-state index in [0.29, 0.717) is 17.7 Å². The molecule has 1 unspecified atom stereocenters. The molecule has 0 bridgehead atoms. The van der Waals surface area contributed by atoms with E-state index in [2.05, 4.69) is 10.3 Å². The SMILES string of the molecule is Cc1cc(CNC(=O)C=Cc2ccc(C(F)(F)F)nc2CC(C)C)ccc1N(C)S(=O)O. The zero-order valence-corrected chi connectivity index (χ0v) is 19.0. The Morgan fingerprint density at radius 2 is 1.97 bits per heavy atom. The van der Waals surface area contributed by atoms with Crippen molar-refractivity contribution in [3.63, 3.8) is 0 Å². The van der Waals surface area contributed by atoms with Crippen LogP contribution in [0, 0.1) is 12.8 Å². The van der Waals surface area contributed by atoms with Crippen LogP contribution in [-0.2, 0) is 35.2 Å². The lowest BCUT2D eigenvalue weighted by Gasteiger charge is -2.17. The van der Waals surface area contributed by atoms with Crippen molar-refractivity contribution < 1.29 is 26.7 Å². The van der Waals surface area contributed by atoms with Crippen molar-refractivity contribution in [3.05, 3.63) is 64.5 Å². The van der Waals surface area contributed by atoms with Crippen LogP contribution < -0.4 is 9.62 Å². The van der Waals surface area contributed by atoms with Crippen LogP contribution in [0.2, 0.25) is 0 Å². The second kappa shape index (κ2) is 10.7. The topological polar surface area (TPSA) is 82.5 Å². The number of anilines is 1. The summed E-state index contributed by atoms with van der Waals surface area (Å²) in [6.45, 7) is 5.77. The van der Waals surface area contributed by atoms with Gasteiger partial charge < -0.3 is 5.32 Å². The number of rotatable bonds is 8. The second-order valence-electron chi connectivity index (χ2n) is 7.73. The van der Waals surface area contributed by atoms with Gasteiger partial charge >= 0.3 is 6.18 Å². The summed E-state index contributed by atoms with van der Waals surface area (Å²) in [5, 5.41) is 2.71. The normalized spacial score (nSPS) is 12.9. The summed E-state index contributed by atoms with van der Waals surface area (Å²) in [5.74, 6) is -0.309. The maximum Gasteiger partial charge on any atom is 0.433 e. The molecular weight excluding hydrogens is 443 g/mol. The molecule has 0 aliphatic rings. The number of nitrogens with one attached hydrogen (secondary N) is 1. The van der Waals surface area contributed by atoms with Crippen LogP contribution >= 0.6 is 0 Å². The number of carbonyl (C=O) groups excluding carboxylic acids is 1. The quantitative estimate of drug-likeness (QED) is 0.440. The first-order chi connectivity index (χ1) is 14.9. The molecule has 2 rings (SSSR count). The molecule has 174 valence electrons. The number of amides is 1. The number of aromatic nitrogens is 1. The third kappa shape index (κ3) is 7.16. The molecule has 1 atom stereocenters. The van der Waals surface area contributed by atoms with Crippen LogP contribution in [0.3, 0.4) is 0 Å². The molecule has 0 spiro atoms. The summed E-state index contributed by atoms with van der Waals surface area (Å²) in [6, 6.07) is 7.44. The number of pyridine rings is 1. The Balaban J connectivity index is 2.09. The first-order valence-electron chi connectivity index (χ1n) is 9.85. The van der Waals surface area contributed by atoms with Crippen molar-refractivity contribution in [2.24, 2.45) is 5.92 Å². The van der Waals surface area contributed by atoms with E-state index in [1.54, 1.807) is 25.1 Å². The molecule has 0 aliphatic carbocycles. The van der Waals surface area contributed by atoms with E-state index in [-0.39, 0.29) is 18.2 Å². The molecule has 0 fully saturated rings. The highest BCUT2D eigenvalue weighted by Gasteiger charge is 2.32. The first-order valence-corrected chi connectivity index (χ1v) is 10.9. The molecule has 0 saturated heterocycles. The molecule has 2 N–H and O–H groups in total. The molecule has 0 aliphatic heterocycles. The van der Waals surface area contributed by atoms with Crippen molar-refractivity contribution in [2.75, 3.05) is 11.4 Å². The Hall–Kier alpha value is -2.72.